The monoisotopic (exact) mass is 156 g/mol. The zero-order chi connectivity index (χ0) is 8.43. The summed E-state index contributed by atoms with van der Waals surface area (Å²) >= 11 is 0. The lowest BCUT2D eigenvalue weighted by Gasteiger charge is -1.87. The highest BCUT2D eigenvalue weighted by Crippen LogP contribution is 1.95. The number of carbonyl (C=O) groups excluding carboxylic acids is 2. The van der Waals surface area contributed by atoms with E-state index in [2.05, 4.69) is 0 Å². The van der Waals surface area contributed by atoms with Crippen molar-refractivity contribution in [1.29, 1.82) is 0 Å². The molecule has 0 aromatic heterocycles. The molecule has 0 atom stereocenters. The predicted octanol–water partition coefficient (Wildman–Crippen LogP) is -1.21. The zero-order valence-electron chi connectivity index (χ0n) is 5.25. The molecule has 6 heteroatoms. The fourth-order valence-electron chi connectivity index (χ4n) is 0.606. The predicted molar refractivity (Wildman–Crippen MR) is 32.4 cm³/mol. The number of hydrogen-bond acceptors (Lipinski definition) is 3. The van der Waals surface area contributed by atoms with E-state index in [9.17, 15) is 14.4 Å². The molecule has 1 aliphatic rings. The first kappa shape index (κ1) is 7.26. The van der Waals surface area contributed by atoms with Crippen LogP contribution in [-0.4, -0.2) is 23.0 Å². The Morgan fingerprint density at radius 3 is 2.36 bits per heavy atom. The van der Waals surface area contributed by atoms with E-state index in [0.29, 0.717) is 6.08 Å². The first-order valence-corrected chi connectivity index (χ1v) is 2.66. The number of amides is 3. The molecule has 1 fully saturated rings. The number of aliphatic carboxylic acids is 1. The van der Waals surface area contributed by atoms with Crippen LogP contribution in [0.4, 0.5) is 4.79 Å². The molecule has 3 N–H and O–H groups in total. The molecule has 1 rings (SSSR count). The van der Waals surface area contributed by atoms with Crippen LogP contribution < -0.4 is 10.6 Å². The summed E-state index contributed by atoms with van der Waals surface area (Å²) in [5.41, 5.74) is -0.248. The Bertz CT molecular complexity index is 268. The molecule has 11 heavy (non-hydrogen) atoms. The second kappa shape index (κ2) is 2.41. The van der Waals surface area contributed by atoms with Crippen molar-refractivity contribution in [3.8, 4) is 0 Å². The molecule has 58 valence electrons. The Balaban J connectivity index is 2.83. The van der Waals surface area contributed by atoms with Gasteiger partial charge < -0.3 is 10.4 Å². The van der Waals surface area contributed by atoms with E-state index < -0.39 is 17.9 Å². The number of carboxylic acid groups (broad SMARTS) is 1. The topological polar surface area (TPSA) is 95.5 Å². The summed E-state index contributed by atoms with van der Waals surface area (Å²) in [7, 11) is 0. The molecule has 0 radical (unpaired) electrons. The Labute approximate surface area is 60.9 Å². The molecule has 1 saturated heterocycles. The Hall–Kier alpha value is -1.85. The Kier molecular flexibility index (Phi) is 1.59. The standard InChI is InChI=1S/C5H4N2O4/c8-3(9)1-2-4(10)7-5(11)6-2/h1H,(H,8,9)(H2,6,7,10,11)/b2-1+. The van der Waals surface area contributed by atoms with Gasteiger partial charge in [-0.15, -0.1) is 0 Å². The van der Waals surface area contributed by atoms with Crippen molar-refractivity contribution >= 4 is 17.9 Å². The molecule has 0 aromatic rings. The number of carbonyl (C=O) groups is 3. The van der Waals surface area contributed by atoms with E-state index in [1.54, 1.807) is 0 Å². The van der Waals surface area contributed by atoms with Crippen LogP contribution in [0.3, 0.4) is 0 Å². The van der Waals surface area contributed by atoms with Gasteiger partial charge in [0.05, 0.1) is 6.08 Å². The molecule has 1 heterocycles. The first-order chi connectivity index (χ1) is 5.09. The lowest BCUT2D eigenvalue weighted by molar-refractivity contribution is -0.131. The number of hydrogen-bond donors (Lipinski definition) is 3. The molecule has 6 nitrogen and oxygen atoms in total. The summed E-state index contributed by atoms with van der Waals surface area (Å²) in [5.74, 6) is -2.00. The lowest BCUT2D eigenvalue weighted by atomic mass is 10.4. The van der Waals surface area contributed by atoms with E-state index in [1.165, 1.54) is 0 Å². The number of imide groups is 1. The van der Waals surface area contributed by atoms with Crippen molar-refractivity contribution < 1.29 is 19.5 Å². The maximum absolute atomic E-state index is 10.6. The summed E-state index contributed by atoms with van der Waals surface area (Å²) in [5, 5.41) is 12.0. The molecular weight excluding hydrogens is 152 g/mol. The molecule has 0 aromatic carbocycles. The van der Waals surface area contributed by atoms with Gasteiger partial charge in [-0.25, -0.2) is 9.59 Å². The van der Waals surface area contributed by atoms with Crippen LogP contribution in [0.25, 0.3) is 0 Å². The third-order valence-corrected chi connectivity index (χ3v) is 0.988. The minimum absolute atomic E-state index is 0.248. The Morgan fingerprint density at radius 1 is 1.36 bits per heavy atom. The first-order valence-electron chi connectivity index (χ1n) is 2.66. The fourth-order valence-corrected chi connectivity index (χ4v) is 0.606. The number of nitrogens with one attached hydrogen (secondary N) is 2. The number of rotatable bonds is 1. The van der Waals surface area contributed by atoms with E-state index in [0.717, 1.165) is 0 Å². The van der Waals surface area contributed by atoms with Crippen LogP contribution in [0.15, 0.2) is 11.8 Å². The molecule has 1 aliphatic heterocycles. The second-order valence-corrected chi connectivity index (χ2v) is 1.80. The van der Waals surface area contributed by atoms with Gasteiger partial charge in [-0.1, -0.05) is 0 Å². The molecule has 0 aliphatic carbocycles. The molecular formula is C5H4N2O4. The van der Waals surface area contributed by atoms with Crippen molar-refractivity contribution in [2.24, 2.45) is 0 Å². The number of carboxylic acids is 1. The van der Waals surface area contributed by atoms with E-state index in [4.69, 9.17) is 5.11 Å². The van der Waals surface area contributed by atoms with Crippen LogP contribution in [0, 0.1) is 0 Å². The van der Waals surface area contributed by atoms with Gasteiger partial charge in [0.2, 0.25) is 0 Å². The average Bonchev–Trinajstić information content (AvgIpc) is 2.09. The van der Waals surface area contributed by atoms with Gasteiger partial charge in [0.1, 0.15) is 5.70 Å². The van der Waals surface area contributed by atoms with Gasteiger partial charge in [-0.3, -0.25) is 10.1 Å². The molecule has 0 saturated carbocycles. The largest absolute Gasteiger partial charge is 0.478 e. The van der Waals surface area contributed by atoms with Gasteiger partial charge in [-0.05, 0) is 0 Å². The van der Waals surface area contributed by atoms with E-state index >= 15 is 0 Å². The maximum Gasteiger partial charge on any atom is 0.330 e. The SMILES string of the molecule is O=C(O)/C=C1/NC(=O)NC1=O. The minimum atomic E-state index is -1.28. The van der Waals surface area contributed by atoms with Gasteiger partial charge in [0.15, 0.2) is 0 Å². The summed E-state index contributed by atoms with van der Waals surface area (Å²) < 4.78 is 0. The minimum Gasteiger partial charge on any atom is -0.478 e. The van der Waals surface area contributed by atoms with Crippen LogP contribution in [0.2, 0.25) is 0 Å². The van der Waals surface area contributed by atoms with E-state index in [-0.39, 0.29) is 5.70 Å². The third kappa shape index (κ3) is 1.54. The summed E-state index contributed by atoms with van der Waals surface area (Å²) in [6, 6.07) is -0.706. The number of urea groups is 1. The second-order valence-electron chi connectivity index (χ2n) is 1.80. The highest BCUT2D eigenvalue weighted by atomic mass is 16.4. The highest BCUT2D eigenvalue weighted by molar-refractivity contribution is 6.13. The van der Waals surface area contributed by atoms with Gasteiger partial charge in [0, 0.05) is 0 Å². The van der Waals surface area contributed by atoms with Crippen LogP contribution in [0.5, 0.6) is 0 Å². The van der Waals surface area contributed by atoms with Crippen molar-refractivity contribution in [2.75, 3.05) is 0 Å². The molecule has 3 amide bonds. The van der Waals surface area contributed by atoms with Crippen molar-refractivity contribution in [1.82, 2.24) is 10.6 Å². The highest BCUT2D eigenvalue weighted by Gasteiger charge is 2.23. The van der Waals surface area contributed by atoms with Crippen LogP contribution >= 0.6 is 0 Å². The van der Waals surface area contributed by atoms with Crippen molar-refractivity contribution in [2.45, 2.75) is 0 Å². The van der Waals surface area contributed by atoms with Gasteiger partial charge >= 0.3 is 12.0 Å². The van der Waals surface area contributed by atoms with Crippen LogP contribution in [0.1, 0.15) is 0 Å². The summed E-state index contributed by atoms with van der Waals surface area (Å²) in [6.07, 6.45) is 0.625. The smallest absolute Gasteiger partial charge is 0.330 e. The fraction of sp³-hybridized carbons (Fsp3) is 0. The normalized spacial score (nSPS) is 19.8. The van der Waals surface area contributed by atoms with Gasteiger partial charge in [-0.2, -0.15) is 0 Å². The van der Waals surface area contributed by atoms with Crippen molar-refractivity contribution in [3.05, 3.63) is 11.8 Å². The van der Waals surface area contributed by atoms with Gasteiger partial charge in [0.25, 0.3) is 5.91 Å². The molecule has 0 bridgehead atoms. The Morgan fingerprint density at radius 2 is 2.00 bits per heavy atom. The molecule has 0 spiro atoms. The van der Waals surface area contributed by atoms with E-state index in [1.807, 2.05) is 10.6 Å². The quantitative estimate of drug-likeness (QED) is 0.328. The lowest BCUT2D eigenvalue weighted by Crippen LogP contribution is -2.22. The van der Waals surface area contributed by atoms with Crippen LogP contribution in [-0.2, 0) is 9.59 Å². The summed E-state index contributed by atoms with van der Waals surface area (Å²) in [6.45, 7) is 0. The molecule has 0 unspecified atom stereocenters. The maximum atomic E-state index is 10.6. The third-order valence-electron chi connectivity index (χ3n) is 0.988. The average molecular weight is 156 g/mol. The summed E-state index contributed by atoms with van der Waals surface area (Å²) in [4.78, 5) is 31.0. The zero-order valence-corrected chi connectivity index (χ0v) is 5.25. The van der Waals surface area contributed by atoms with Crippen molar-refractivity contribution in [3.63, 3.8) is 0 Å².